The molecule has 4 rings (SSSR count). The van der Waals surface area contributed by atoms with Crippen molar-refractivity contribution in [1.82, 2.24) is 19.5 Å². The van der Waals surface area contributed by atoms with Crippen molar-refractivity contribution in [2.24, 2.45) is 0 Å². The smallest absolute Gasteiger partial charge is 0.224 e. The molecule has 0 amide bonds. The predicted molar refractivity (Wildman–Crippen MR) is 79.8 cm³/mol. The Hall–Kier alpha value is -2.15. The van der Waals surface area contributed by atoms with Gasteiger partial charge in [0, 0.05) is 6.04 Å². The number of nitrogens with zero attached hydrogens (tertiary/aromatic N) is 4. The lowest BCUT2D eigenvalue weighted by Crippen LogP contribution is -2.33. The molecule has 0 bridgehead atoms. The summed E-state index contributed by atoms with van der Waals surface area (Å²) < 4.78 is 1.92. The molecule has 1 fully saturated rings. The Morgan fingerprint density at radius 1 is 1.43 bits per heavy atom. The third-order valence-corrected chi connectivity index (χ3v) is 4.26. The van der Waals surface area contributed by atoms with Crippen molar-refractivity contribution in [3.05, 3.63) is 18.5 Å². The van der Waals surface area contributed by atoms with Gasteiger partial charge in [0.25, 0.3) is 0 Å². The highest BCUT2D eigenvalue weighted by Crippen LogP contribution is 2.34. The predicted octanol–water partition coefficient (Wildman–Crippen LogP) is 1.02. The van der Waals surface area contributed by atoms with E-state index in [0.717, 1.165) is 25.7 Å². The van der Waals surface area contributed by atoms with Crippen LogP contribution >= 0.6 is 0 Å². The first-order valence-corrected chi connectivity index (χ1v) is 7.28. The molecule has 2 aromatic heterocycles. The van der Waals surface area contributed by atoms with Gasteiger partial charge in [0.05, 0.1) is 18.5 Å². The topological polar surface area (TPSA) is 102 Å². The molecule has 2 heterocycles. The maximum absolute atomic E-state index is 9.85. The number of nitrogens with one attached hydrogen (secondary N) is 1. The van der Waals surface area contributed by atoms with E-state index in [0.29, 0.717) is 23.0 Å². The number of allylic oxidation sites excluding steroid dienone is 1. The second-order valence-corrected chi connectivity index (χ2v) is 5.84. The fourth-order valence-electron chi connectivity index (χ4n) is 2.89. The van der Waals surface area contributed by atoms with Crippen LogP contribution in [0.2, 0.25) is 0 Å². The minimum atomic E-state index is -0.466. The molecule has 4 N–H and O–H groups in total. The number of aromatic nitrogens is 4. The van der Waals surface area contributed by atoms with Gasteiger partial charge < -0.3 is 20.7 Å². The van der Waals surface area contributed by atoms with Crippen LogP contribution in [0.3, 0.4) is 0 Å². The molecule has 0 radical (unpaired) electrons. The number of nitrogens with two attached hydrogens (primary N) is 1. The third kappa shape index (κ3) is 1.96. The van der Waals surface area contributed by atoms with Gasteiger partial charge in [-0.05, 0) is 25.7 Å². The number of aliphatic hydroxyl groups is 1. The molecule has 0 saturated heterocycles. The number of fused-ring (bicyclic) bond motifs is 1. The Labute approximate surface area is 121 Å². The molecule has 1 saturated carbocycles. The van der Waals surface area contributed by atoms with E-state index in [1.807, 2.05) is 10.6 Å². The third-order valence-electron chi connectivity index (χ3n) is 4.26. The first kappa shape index (κ1) is 12.6. The van der Waals surface area contributed by atoms with E-state index < -0.39 is 5.54 Å². The van der Waals surface area contributed by atoms with Gasteiger partial charge in [-0.3, -0.25) is 0 Å². The van der Waals surface area contributed by atoms with Crippen molar-refractivity contribution >= 4 is 22.9 Å². The van der Waals surface area contributed by atoms with E-state index in [-0.39, 0.29) is 12.6 Å². The van der Waals surface area contributed by atoms with E-state index >= 15 is 0 Å². The number of imidazole rings is 1. The van der Waals surface area contributed by atoms with Gasteiger partial charge in [0.15, 0.2) is 17.0 Å². The summed E-state index contributed by atoms with van der Waals surface area (Å²) in [5.74, 6) is 0.913. The van der Waals surface area contributed by atoms with E-state index in [1.54, 1.807) is 6.33 Å². The number of hydrogen-bond donors (Lipinski definition) is 3. The summed E-state index contributed by atoms with van der Waals surface area (Å²) in [6.07, 6.45) is 9.90. The van der Waals surface area contributed by atoms with E-state index in [2.05, 4.69) is 26.3 Å². The quantitative estimate of drug-likeness (QED) is 0.725. The van der Waals surface area contributed by atoms with Crippen LogP contribution in [0.1, 0.15) is 25.7 Å². The van der Waals surface area contributed by atoms with Crippen molar-refractivity contribution in [3.63, 3.8) is 0 Å². The maximum atomic E-state index is 9.85. The minimum absolute atomic E-state index is 0.0181. The van der Waals surface area contributed by atoms with Crippen LogP contribution in [0, 0.1) is 0 Å². The van der Waals surface area contributed by atoms with Crippen molar-refractivity contribution in [1.29, 1.82) is 0 Å². The second kappa shape index (κ2) is 4.42. The van der Waals surface area contributed by atoms with E-state index in [9.17, 15) is 5.11 Å². The Morgan fingerprint density at radius 2 is 2.29 bits per heavy atom. The number of rotatable bonds is 4. The lowest BCUT2D eigenvalue weighted by atomic mass is 10.0. The van der Waals surface area contributed by atoms with Gasteiger partial charge in [-0.2, -0.15) is 9.97 Å². The Kier molecular flexibility index (Phi) is 2.65. The lowest BCUT2D eigenvalue weighted by molar-refractivity contribution is 0.174. The van der Waals surface area contributed by atoms with Crippen LogP contribution < -0.4 is 11.1 Å². The fraction of sp³-hybridized carbons (Fsp3) is 0.500. The highest BCUT2D eigenvalue weighted by molar-refractivity contribution is 5.84. The molecule has 110 valence electrons. The normalized spacial score (nSPS) is 24.8. The Morgan fingerprint density at radius 3 is 2.95 bits per heavy atom. The zero-order valence-electron chi connectivity index (χ0n) is 11.7. The summed E-state index contributed by atoms with van der Waals surface area (Å²) in [5, 5.41) is 13.2. The molecule has 7 heteroatoms. The number of nitrogen functional groups attached to an aromatic ring is 1. The van der Waals surface area contributed by atoms with Gasteiger partial charge in [0.2, 0.25) is 5.95 Å². The van der Waals surface area contributed by atoms with Gasteiger partial charge in [-0.1, -0.05) is 12.2 Å². The lowest BCUT2D eigenvalue weighted by Gasteiger charge is -2.27. The molecule has 2 aromatic rings. The van der Waals surface area contributed by atoms with Gasteiger partial charge in [-0.15, -0.1) is 0 Å². The molecule has 7 nitrogen and oxygen atoms in total. The van der Waals surface area contributed by atoms with Crippen LogP contribution in [-0.4, -0.2) is 37.3 Å². The van der Waals surface area contributed by atoms with Gasteiger partial charge in [-0.25, -0.2) is 4.98 Å². The number of anilines is 2. The van der Waals surface area contributed by atoms with Crippen LogP contribution in [0.4, 0.5) is 11.8 Å². The fourth-order valence-corrected chi connectivity index (χ4v) is 2.89. The molecule has 0 spiro atoms. The van der Waals surface area contributed by atoms with Gasteiger partial charge in [0.1, 0.15) is 0 Å². The zero-order valence-corrected chi connectivity index (χ0v) is 11.7. The molecule has 2 aliphatic carbocycles. The van der Waals surface area contributed by atoms with Crippen molar-refractivity contribution in [2.75, 3.05) is 17.7 Å². The summed E-state index contributed by atoms with van der Waals surface area (Å²) in [6.45, 7) is 0.0181. The highest BCUT2D eigenvalue weighted by Gasteiger charge is 2.34. The molecule has 1 atom stereocenters. The van der Waals surface area contributed by atoms with Crippen LogP contribution in [-0.2, 0) is 5.54 Å². The molecule has 0 unspecified atom stereocenters. The molecule has 0 aromatic carbocycles. The first-order chi connectivity index (χ1) is 10.2. The Balaban J connectivity index is 1.87. The number of hydrogen-bond acceptors (Lipinski definition) is 6. The Bertz CT molecular complexity index is 720. The van der Waals surface area contributed by atoms with Crippen LogP contribution in [0.25, 0.3) is 11.2 Å². The maximum Gasteiger partial charge on any atom is 0.224 e. The van der Waals surface area contributed by atoms with Crippen molar-refractivity contribution in [3.8, 4) is 0 Å². The summed E-state index contributed by atoms with van der Waals surface area (Å²) in [6, 6.07) is 0.464. The summed E-state index contributed by atoms with van der Waals surface area (Å²) in [4.78, 5) is 13.1. The molecular weight excluding hydrogens is 268 g/mol. The summed E-state index contributed by atoms with van der Waals surface area (Å²) in [7, 11) is 0. The zero-order chi connectivity index (χ0) is 14.4. The number of aliphatic hydroxyl groups excluding tert-OH is 1. The molecular formula is C14H18N6O. The van der Waals surface area contributed by atoms with Gasteiger partial charge >= 0.3 is 0 Å². The largest absolute Gasteiger partial charge is 0.394 e. The summed E-state index contributed by atoms with van der Waals surface area (Å²) >= 11 is 0. The SMILES string of the molecule is Nc1nc(NC2CC2)c2ncn([C@]3(CO)C=CCC3)c2n1. The average molecular weight is 286 g/mol. The average Bonchev–Trinajstić information content (AvgIpc) is 3.01. The van der Waals surface area contributed by atoms with E-state index in [4.69, 9.17) is 5.73 Å². The van der Waals surface area contributed by atoms with Crippen LogP contribution in [0.15, 0.2) is 18.5 Å². The highest BCUT2D eigenvalue weighted by atomic mass is 16.3. The van der Waals surface area contributed by atoms with Crippen molar-refractivity contribution in [2.45, 2.75) is 37.3 Å². The van der Waals surface area contributed by atoms with Crippen LogP contribution in [0.5, 0.6) is 0 Å². The molecule has 21 heavy (non-hydrogen) atoms. The summed E-state index contributed by atoms with van der Waals surface area (Å²) in [5.41, 5.74) is 6.77. The molecule has 2 aliphatic rings. The monoisotopic (exact) mass is 286 g/mol. The van der Waals surface area contributed by atoms with E-state index in [1.165, 1.54) is 0 Å². The minimum Gasteiger partial charge on any atom is -0.394 e. The second-order valence-electron chi connectivity index (χ2n) is 5.84. The standard InChI is InChI=1S/C14H18N6O/c15-13-18-11(17-9-3-4-9)10-12(19-13)20(8-16-10)14(7-21)5-1-2-6-14/h1,5,8-9,21H,2-4,6-7H2,(H3,15,17,18,19)/t14-/m1/s1. The van der Waals surface area contributed by atoms with Crippen molar-refractivity contribution < 1.29 is 5.11 Å². The first-order valence-electron chi connectivity index (χ1n) is 7.28. The molecule has 0 aliphatic heterocycles.